The van der Waals surface area contributed by atoms with Crippen LogP contribution >= 0.6 is 12.6 Å². The number of thiol groups is 1. The fourth-order valence-corrected chi connectivity index (χ4v) is 2.88. The van der Waals surface area contributed by atoms with Gasteiger partial charge >= 0.3 is 0 Å². The lowest BCUT2D eigenvalue weighted by molar-refractivity contribution is 0.261. The molecule has 1 aromatic heterocycles. The average molecular weight is 350 g/mol. The van der Waals surface area contributed by atoms with E-state index >= 15 is 0 Å². The van der Waals surface area contributed by atoms with E-state index in [2.05, 4.69) is 27.8 Å². The van der Waals surface area contributed by atoms with Crippen molar-refractivity contribution in [3.05, 3.63) is 40.7 Å². The normalized spacial score (nSPS) is 11.3. The predicted octanol–water partition coefficient (Wildman–Crippen LogP) is 2.14. The first-order valence-corrected chi connectivity index (χ1v) is 9.10. The lowest BCUT2D eigenvalue weighted by Gasteiger charge is -2.21. The van der Waals surface area contributed by atoms with E-state index in [1.54, 1.807) is 0 Å². The molecule has 6 heteroatoms. The summed E-state index contributed by atoms with van der Waals surface area (Å²) in [5.41, 5.74) is 0.720. The zero-order valence-corrected chi connectivity index (χ0v) is 15.1. The number of ether oxygens (including phenoxy) is 1. The third-order valence-electron chi connectivity index (χ3n) is 3.93. The number of fused-ring (bicyclic) bond motifs is 1. The third-order valence-corrected chi connectivity index (χ3v) is 4.13. The maximum atomic E-state index is 11.4. The van der Waals surface area contributed by atoms with E-state index in [9.17, 15) is 4.79 Å². The number of pyridine rings is 1. The number of rotatable bonds is 11. The molecule has 0 aliphatic rings. The number of hydrogen-bond donors (Lipinski definition) is 3. The summed E-state index contributed by atoms with van der Waals surface area (Å²) in [6, 6.07) is 9.15. The molecule has 2 rings (SSSR count). The SMILES string of the molecule is CNCCN(CCS)CCCCOc1ccc2ccc(=O)[nH]c2c1. The molecular formula is C18H27N3O2S. The Balaban J connectivity index is 1.74. The first-order valence-electron chi connectivity index (χ1n) is 8.46. The number of unbranched alkanes of at least 4 members (excludes halogenated alkanes) is 1. The van der Waals surface area contributed by atoms with Gasteiger partial charge in [-0.3, -0.25) is 4.79 Å². The Morgan fingerprint density at radius 2 is 2.00 bits per heavy atom. The van der Waals surface area contributed by atoms with Gasteiger partial charge < -0.3 is 19.9 Å². The number of H-pyrrole nitrogens is 1. The molecule has 24 heavy (non-hydrogen) atoms. The molecule has 0 aliphatic carbocycles. The van der Waals surface area contributed by atoms with E-state index in [-0.39, 0.29) is 5.56 Å². The Labute approximate surface area is 148 Å². The monoisotopic (exact) mass is 349 g/mol. The van der Waals surface area contributed by atoms with Gasteiger partial charge in [0.2, 0.25) is 5.56 Å². The first-order chi connectivity index (χ1) is 11.7. The molecule has 2 aromatic rings. The van der Waals surface area contributed by atoms with Gasteiger partial charge in [-0.25, -0.2) is 0 Å². The van der Waals surface area contributed by atoms with Crippen molar-refractivity contribution >= 4 is 23.5 Å². The highest BCUT2D eigenvalue weighted by Crippen LogP contribution is 2.18. The second-order valence-electron chi connectivity index (χ2n) is 5.80. The van der Waals surface area contributed by atoms with Crippen LogP contribution in [0.4, 0.5) is 0 Å². The Hall–Kier alpha value is -1.50. The maximum Gasteiger partial charge on any atom is 0.248 e. The van der Waals surface area contributed by atoms with Crippen LogP contribution in [0.3, 0.4) is 0 Å². The Morgan fingerprint density at radius 3 is 2.79 bits per heavy atom. The Kier molecular flexibility index (Phi) is 8.15. The van der Waals surface area contributed by atoms with Crippen molar-refractivity contribution in [2.75, 3.05) is 45.6 Å². The van der Waals surface area contributed by atoms with E-state index < -0.39 is 0 Å². The predicted molar refractivity (Wildman–Crippen MR) is 104 cm³/mol. The maximum absolute atomic E-state index is 11.4. The lowest BCUT2D eigenvalue weighted by Crippen LogP contribution is -2.33. The molecule has 2 N–H and O–H groups in total. The summed E-state index contributed by atoms with van der Waals surface area (Å²) < 4.78 is 5.81. The molecule has 0 spiro atoms. The summed E-state index contributed by atoms with van der Waals surface area (Å²) in [6.45, 7) is 4.82. The van der Waals surface area contributed by atoms with Crippen LogP contribution in [0.2, 0.25) is 0 Å². The summed E-state index contributed by atoms with van der Waals surface area (Å²) in [5, 5.41) is 4.19. The zero-order chi connectivity index (χ0) is 17.2. The van der Waals surface area contributed by atoms with Gasteiger partial charge in [0.1, 0.15) is 5.75 Å². The fourth-order valence-electron chi connectivity index (χ4n) is 2.59. The summed E-state index contributed by atoms with van der Waals surface area (Å²) in [6.07, 6.45) is 2.11. The second kappa shape index (κ2) is 10.4. The van der Waals surface area contributed by atoms with E-state index in [4.69, 9.17) is 4.74 Å². The summed E-state index contributed by atoms with van der Waals surface area (Å²) in [5.74, 6) is 1.68. The van der Waals surface area contributed by atoms with Crippen LogP contribution in [-0.4, -0.2) is 55.5 Å². The van der Waals surface area contributed by atoms with Crippen LogP contribution in [0.5, 0.6) is 5.75 Å². The third kappa shape index (κ3) is 6.19. The molecular weight excluding hydrogens is 322 g/mol. The zero-order valence-electron chi connectivity index (χ0n) is 14.3. The van der Waals surface area contributed by atoms with Crippen LogP contribution in [0, 0.1) is 0 Å². The molecule has 1 heterocycles. The van der Waals surface area contributed by atoms with Crippen LogP contribution < -0.4 is 15.6 Å². The molecule has 0 aliphatic heterocycles. The van der Waals surface area contributed by atoms with Gasteiger partial charge in [0.05, 0.1) is 12.1 Å². The molecule has 0 amide bonds. The molecule has 0 atom stereocenters. The second-order valence-corrected chi connectivity index (χ2v) is 6.24. The highest BCUT2D eigenvalue weighted by molar-refractivity contribution is 7.80. The molecule has 0 saturated carbocycles. The molecule has 1 aromatic carbocycles. The lowest BCUT2D eigenvalue weighted by atomic mass is 10.2. The van der Waals surface area contributed by atoms with E-state index in [1.165, 1.54) is 6.07 Å². The van der Waals surface area contributed by atoms with Crippen molar-refractivity contribution in [2.45, 2.75) is 12.8 Å². The highest BCUT2D eigenvalue weighted by Gasteiger charge is 2.03. The Morgan fingerprint density at radius 1 is 1.17 bits per heavy atom. The quantitative estimate of drug-likeness (QED) is 0.430. The number of aromatic nitrogens is 1. The highest BCUT2D eigenvalue weighted by atomic mass is 32.1. The van der Waals surface area contributed by atoms with Crippen molar-refractivity contribution in [1.29, 1.82) is 0 Å². The molecule has 0 unspecified atom stereocenters. The van der Waals surface area contributed by atoms with Gasteiger partial charge in [-0.15, -0.1) is 0 Å². The van der Waals surface area contributed by atoms with E-state index in [0.717, 1.165) is 61.4 Å². The van der Waals surface area contributed by atoms with E-state index in [1.807, 2.05) is 31.3 Å². The number of nitrogens with zero attached hydrogens (tertiary/aromatic N) is 1. The van der Waals surface area contributed by atoms with Gasteiger partial charge in [0.25, 0.3) is 0 Å². The minimum absolute atomic E-state index is 0.0921. The van der Waals surface area contributed by atoms with Crippen LogP contribution in [0.15, 0.2) is 35.1 Å². The van der Waals surface area contributed by atoms with Gasteiger partial charge in [0, 0.05) is 37.5 Å². The smallest absolute Gasteiger partial charge is 0.248 e. The molecule has 0 fully saturated rings. The molecule has 0 bridgehead atoms. The van der Waals surface area contributed by atoms with Crippen molar-refractivity contribution < 1.29 is 4.74 Å². The van der Waals surface area contributed by atoms with Crippen molar-refractivity contribution in [3.8, 4) is 5.75 Å². The molecule has 0 radical (unpaired) electrons. The van der Waals surface area contributed by atoms with Crippen LogP contribution in [0.1, 0.15) is 12.8 Å². The minimum atomic E-state index is -0.0921. The van der Waals surface area contributed by atoms with Gasteiger partial charge in [0.15, 0.2) is 0 Å². The number of benzene rings is 1. The van der Waals surface area contributed by atoms with Gasteiger partial charge in [-0.1, -0.05) is 0 Å². The minimum Gasteiger partial charge on any atom is -0.494 e. The van der Waals surface area contributed by atoms with Crippen molar-refractivity contribution in [3.63, 3.8) is 0 Å². The fraction of sp³-hybridized carbons (Fsp3) is 0.500. The average Bonchev–Trinajstić information content (AvgIpc) is 2.58. The number of nitrogens with one attached hydrogen (secondary N) is 2. The summed E-state index contributed by atoms with van der Waals surface area (Å²) in [4.78, 5) is 16.6. The number of hydrogen-bond acceptors (Lipinski definition) is 5. The standard InChI is InChI=1S/C18H27N3O2S/c1-19-8-10-21(11-13-24)9-2-3-12-23-16-6-4-15-5-7-18(22)20-17(15)14-16/h4-7,14,19,24H,2-3,8-13H2,1H3,(H,20,22). The van der Waals surface area contributed by atoms with Crippen molar-refractivity contribution in [2.24, 2.45) is 0 Å². The topological polar surface area (TPSA) is 57.4 Å². The first kappa shape index (κ1) is 18.8. The van der Waals surface area contributed by atoms with E-state index in [0.29, 0.717) is 6.61 Å². The Bertz CT molecular complexity index is 675. The number of likely N-dealkylation sites (N-methyl/N-ethyl adjacent to an activating group) is 1. The van der Waals surface area contributed by atoms with Crippen LogP contribution in [0.25, 0.3) is 10.9 Å². The van der Waals surface area contributed by atoms with Crippen LogP contribution in [-0.2, 0) is 0 Å². The van der Waals surface area contributed by atoms with Crippen molar-refractivity contribution in [1.82, 2.24) is 15.2 Å². The number of aromatic amines is 1. The molecule has 5 nitrogen and oxygen atoms in total. The molecule has 132 valence electrons. The summed E-state index contributed by atoms with van der Waals surface area (Å²) in [7, 11) is 1.98. The molecule has 0 saturated heterocycles. The van der Waals surface area contributed by atoms with Gasteiger partial charge in [-0.2, -0.15) is 12.6 Å². The largest absolute Gasteiger partial charge is 0.494 e. The van der Waals surface area contributed by atoms with Gasteiger partial charge in [-0.05, 0) is 50.0 Å². The summed E-state index contributed by atoms with van der Waals surface area (Å²) >= 11 is 4.32.